The summed E-state index contributed by atoms with van der Waals surface area (Å²) in [6.45, 7) is 2.11. The van der Waals surface area contributed by atoms with Gasteiger partial charge in [-0.3, -0.25) is 0 Å². The van der Waals surface area contributed by atoms with E-state index < -0.39 is 5.97 Å². The van der Waals surface area contributed by atoms with E-state index in [1.54, 1.807) is 23.5 Å². The summed E-state index contributed by atoms with van der Waals surface area (Å²) >= 11 is 1.69. The lowest BCUT2D eigenvalue weighted by atomic mass is 10.1. The van der Waals surface area contributed by atoms with Gasteiger partial charge < -0.3 is 5.11 Å². The van der Waals surface area contributed by atoms with Crippen molar-refractivity contribution < 1.29 is 9.90 Å². The lowest BCUT2D eigenvalue weighted by Gasteiger charge is -1.97. The molecule has 0 unspecified atom stereocenters. The van der Waals surface area contributed by atoms with E-state index in [0.29, 0.717) is 11.5 Å². The van der Waals surface area contributed by atoms with Gasteiger partial charge in [-0.05, 0) is 31.9 Å². The lowest BCUT2D eigenvalue weighted by molar-refractivity contribution is 0.0697. The van der Waals surface area contributed by atoms with E-state index in [1.165, 1.54) is 23.4 Å². The van der Waals surface area contributed by atoms with Crippen LogP contribution in [0.25, 0.3) is 10.6 Å². The fourth-order valence-electron chi connectivity index (χ4n) is 2.02. The maximum absolute atomic E-state index is 10.8. The second kappa shape index (κ2) is 4.21. The number of carboxylic acid groups (broad SMARTS) is 1. The van der Waals surface area contributed by atoms with E-state index in [2.05, 4.69) is 11.9 Å². The number of thiazole rings is 1. The molecule has 3 rings (SSSR count). The zero-order valence-electron chi connectivity index (χ0n) is 10.0. The molecule has 1 aliphatic rings. The number of aryl methyl sites for hydroxylation is 1. The molecule has 1 aromatic carbocycles. The largest absolute Gasteiger partial charge is 0.478 e. The average Bonchev–Trinajstić information content (AvgIpc) is 3.13. The highest BCUT2D eigenvalue weighted by Gasteiger charge is 2.28. The molecular formula is C14H13NO2S. The van der Waals surface area contributed by atoms with Crippen LogP contribution >= 0.6 is 11.3 Å². The van der Waals surface area contributed by atoms with Gasteiger partial charge in [0.25, 0.3) is 0 Å². The fourth-order valence-corrected chi connectivity index (χ4v) is 3.03. The number of nitrogens with zero attached hydrogens (tertiary/aromatic N) is 1. The summed E-state index contributed by atoms with van der Waals surface area (Å²) in [7, 11) is 0. The van der Waals surface area contributed by atoms with Crippen LogP contribution in [0.5, 0.6) is 0 Å². The standard InChI is InChI=1S/C14H13NO2S/c1-8-12(9-2-3-9)15-13(18-8)10-4-6-11(7-5-10)14(16)17/h4-7,9H,2-3H2,1H3,(H,16,17). The Morgan fingerprint density at radius 3 is 2.56 bits per heavy atom. The molecule has 1 heterocycles. The molecule has 0 atom stereocenters. The van der Waals surface area contributed by atoms with Crippen LogP contribution in [0.4, 0.5) is 0 Å². The van der Waals surface area contributed by atoms with Crippen LogP contribution in [0, 0.1) is 6.92 Å². The second-order valence-corrected chi connectivity index (χ2v) is 5.82. The van der Waals surface area contributed by atoms with Crippen LogP contribution in [-0.4, -0.2) is 16.1 Å². The molecule has 0 radical (unpaired) electrons. The van der Waals surface area contributed by atoms with Gasteiger partial charge >= 0.3 is 5.97 Å². The van der Waals surface area contributed by atoms with Gasteiger partial charge in [0, 0.05) is 16.4 Å². The van der Waals surface area contributed by atoms with Crippen LogP contribution < -0.4 is 0 Å². The third-order valence-electron chi connectivity index (χ3n) is 3.18. The first-order valence-electron chi connectivity index (χ1n) is 5.96. The van der Waals surface area contributed by atoms with E-state index in [9.17, 15) is 4.79 Å². The molecule has 1 fully saturated rings. The number of aromatic nitrogens is 1. The predicted octanol–water partition coefficient (Wildman–Crippen LogP) is 3.69. The Balaban J connectivity index is 1.94. The molecule has 0 bridgehead atoms. The summed E-state index contributed by atoms with van der Waals surface area (Å²) in [6, 6.07) is 6.92. The van der Waals surface area contributed by atoms with Crippen LogP contribution in [0.15, 0.2) is 24.3 Å². The van der Waals surface area contributed by atoms with E-state index in [1.807, 2.05) is 12.1 Å². The predicted molar refractivity (Wildman–Crippen MR) is 71.2 cm³/mol. The third-order valence-corrected chi connectivity index (χ3v) is 4.21. The van der Waals surface area contributed by atoms with Crippen molar-refractivity contribution >= 4 is 17.3 Å². The van der Waals surface area contributed by atoms with E-state index >= 15 is 0 Å². The molecule has 3 nitrogen and oxygen atoms in total. The quantitative estimate of drug-likeness (QED) is 0.914. The van der Waals surface area contributed by atoms with Crippen molar-refractivity contribution in [3.63, 3.8) is 0 Å². The first-order valence-corrected chi connectivity index (χ1v) is 6.78. The van der Waals surface area contributed by atoms with Crippen molar-refractivity contribution in [2.45, 2.75) is 25.7 Å². The molecule has 18 heavy (non-hydrogen) atoms. The summed E-state index contributed by atoms with van der Waals surface area (Å²) in [5, 5.41) is 9.85. The summed E-state index contributed by atoms with van der Waals surface area (Å²) in [5.41, 5.74) is 2.55. The number of carbonyl (C=O) groups is 1. The summed E-state index contributed by atoms with van der Waals surface area (Å²) in [4.78, 5) is 16.8. The monoisotopic (exact) mass is 259 g/mol. The van der Waals surface area contributed by atoms with Crippen molar-refractivity contribution in [3.8, 4) is 10.6 Å². The van der Waals surface area contributed by atoms with Gasteiger partial charge in [0.2, 0.25) is 0 Å². The zero-order valence-corrected chi connectivity index (χ0v) is 10.8. The number of aromatic carboxylic acids is 1. The van der Waals surface area contributed by atoms with Crippen molar-refractivity contribution in [2.24, 2.45) is 0 Å². The number of carboxylic acids is 1. The number of benzene rings is 1. The van der Waals surface area contributed by atoms with Crippen LogP contribution in [-0.2, 0) is 0 Å². The Kier molecular flexibility index (Phi) is 2.67. The normalized spacial score (nSPS) is 14.7. The van der Waals surface area contributed by atoms with Gasteiger partial charge in [0.05, 0.1) is 11.3 Å². The fraction of sp³-hybridized carbons (Fsp3) is 0.286. The lowest BCUT2D eigenvalue weighted by Crippen LogP contribution is -1.94. The average molecular weight is 259 g/mol. The van der Waals surface area contributed by atoms with Gasteiger partial charge in [-0.15, -0.1) is 11.3 Å². The molecule has 1 aliphatic carbocycles. The van der Waals surface area contributed by atoms with Gasteiger partial charge in [0.1, 0.15) is 5.01 Å². The van der Waals surface area contributed by atoms with Crippen LogP contribution in [0.2, 0.25) is 0 Å². The third kappa shape index (κ3) is 2.04. The minimum absolute atomic E-state index is 0.314. The molecule has 92 valence electrons. The Hall–Kier alpha value is -1.68. The molecule has 2 aromatic rings. The number of hydrogen-bond acceptors (Lipinski definition) is 3. The summed E-state index contributed by atoms with van der Waals surface area (Å²) < 4.78 is 0. The Bertz CT molecular complexity index is 597. The highest BCUT2D eigenvalue weighted by atomic mass is 32.1. The minimum Gasteiger partial charge on any atom is -0.478 e. The molecule has 1 saturated carbocycles. The van der Waals surface area contributed by atoms with Gasteiger partial charge in [-0.25, -0.2) is 9.78 Å². The Morgan fingerprint density at radius 1 is 1.33 bits per heavy atom. The number of rotatable bonds is 3. The first kappa shape index (κ1) is 11.4. The van der Waals surface area contributed by atoms with E-state index in [-0.39, 0.29) is 0 Å². The smallest absolute Gasteiger partial charge is 0.335 e. The van der Waals surface area contributed by atoms with Gasteiger partial charge in [-0.1, -0.05) is 12.1 Å². The molecule has 0 amide bonds. The second-order valence-electron chi connectivity index (χ2n) is 4.62. The maximum Gasteiger partial charge on any atom is 0.335 e. The summed E-state index contributed by atoms with van der Waals surface area (Å²) in [6.07, 6.45) is 2.50. The Morgan fingerprint density at radius 2 is 2.00 bits per heavy atom. The molecule has 4 heteroatoms. The topological polar surface area (TPSA) is 50.2 Å². The van der Waals surface area contributed by atoms with Crippen molar-refractivity contribution in [3.05, 3.63) is 40.4 Å². The molecular weight excluding hydrogens is 246 g/mol. The van der Waals surface area contributed by atoms with Gasteiger partial charge in [0.15, 0.2) is 0 Å². The highest BCUT2D eigenvalue weighted by molar-refractivity contribution is 7.15. The zero-order chi connectivity index (χ0) is 12.7. The molecule has 0 saturated heterocycles. The van der Waals surface area contributed by atoms with Crippen molar-refractivity contribution in [1.82, 2.24) is 4.98 Å². The van der Waals surface area contributed by atoms with Crippen LogP contribution in [0.1, 0.15) is 39.7 Å². The SMILES string of the molecule is Cc1sc(-c2ccc(C(=O)O)cc2)nc1C1CC1. The van der Waals surface area contributed by atoms with E-state index in [4.69, 9.17) is 5.11 Å². The molecule has 1 aromatic heterocycles. The number of hydrogen-bond donors (Lipinski definition) is 1. The Labute approximate surface area is 109 Å². The van der Waals surface area contributed by atoms with Gasteiger partial charge in [-0.2, -0.15) is 0 Å². The maximum atomic E-state index is 10.8. The van der Waals surface area contributed by atoms with Crippen molar-refractivity contribution in [1.29, 1.82) is 0 Å². The molecule has 0 spiro atoms. The first-order chi connectivity index (χ1) is 8.65. The molecule has 1 N–H and O–H groups in total. The summed E-state index contributed by atoms with van der Waals surface area (Å²) in [5.74, 6) is -0.233. The highest BCUT2D eigenvalue weighted by Crippen LogP contribution is 2.43. The minimum atomic E-state index is -0.893. The van der Waals surface area contributed by atoms with E-state index in [0.717, 1.165) is 10.6 Å². The van der Waals surface area contributed by atoms with Crippen molar-refractivity contribution in [2.75, 3.05) is 0 Å². The van der Waals surface area contributed by atoms with Crippen LogP contribution in [0.3, 0.4) is 0 Å². The molecule has 0 aliphatic heterocycles.